The summed E-state index contributed by atoms with van der Waals surface area (Å²) in [5.74, 6) is -0.518. The van der Waals surface area contributed by atoms with Gasteiger partial charge in [-0.3, -0.25) is 4.79 Å². The smallest absolute Gasteiger partial charge is 0.407 e. The van der Waals surface area contributed by atoms with Gasteiger partial charge < -0.3 is 33.7 Å². The molecular formula is C18H30BrNO9. The van der Waals surface area contributed by atoms with Crippen LogP contribution in [0.2, 0.25) is 0 Å². The second kappa shape index (κ2) is 19.8. The van der Waals surface area contributed by atoms with E-state index in [1.165, 1.54) is 0 Å². The number of nitrogens with one attached hydrogen (secondary N) is 1. The van der Waals surface area contributed by atoms with Crippen molar-refractivity contribution in [3.05, 3.63) is 12.2 Å². The Hall–Kier alpha value is -1.53. The maximum atomic E-state index is 11.4. The van der Waals surface area contributed by atoms with Crippen LogP contribution in [0, 0.1) is 0 Å². The van der Waals surface area contributed by atoms with Crippen molar-refractivity contribution in [2.75, 3.05) is 77.9 Å². The lowest BCUT2D eigenvalue weighted by Crippen LogP contribution is -2.29. The molecule has 1 amide bonds. The van der Waals surface area contributed by atoms with Crippen molar-refractivity contribution in [1.29, 1.82) is 0 Å². The molecular weight excluding hydrogens is 454 g/mol. The topological polar surface area (TPSA) is 119 Å². The van der Waals surface area contributed by atoms with Gasteiger partial charge in [0.05, 0.1) is 58.1 Å². The van der Waals surface area contributed by atoms with Crippen LogP contribution >= 0.6 is 15.9 Å². The number of alkyl halides is 1. The van der Waals surface area contributed by atoms with Crippen LogP contribution in [0.4, 0.5) is 4.79 Å². The molecule has 0 aromatic heterocycles. The van der Waals surface area contributed by atoms with Crippen molar-refractivity contribution >= 4 is 33.8 Å². The number of Topliss-reactive ketones (excluding diaryl/α,β-unsaturated/α-hetero) is 1. The van der Waals surface area contributed by atoms with Gasteiger partial charge in [-0.25, -0.2) is 9.59 Å². The quantitative estimate of drug-likeness (QED) is 0.123. The van der Waals surface area contributed by atoms with E-state index in [0.29, 0.717) is 45.2 Å². The largest absolute Gasteiger partial charge is 0.460 e. The molecule has 0 heterocycles. The molecule has 0 atom stereocenters. The number of amides is 1. The van der Waals surface area contributed by atoms with E-state index >= 15 is 0 Å². The minimum Gasteiger partial charge on any atom is -0.460 e. The molecule has 0 bridgehead atoms. The van der Waals surface area contributed by atoms with Crippen molar-refractivity contribution in [3.8, 4) is 0 Å². The lowest BCUT2D eigenvalue weighted by atomic mass is 10.4. The predicted molar refractivity (Wildman–Crippen MR) is 107 cm³/mol. The fourth-order valence-electron chi connectivity index (χ4n) is 1.55. The highest BCUT2D eigenvalue weighted by molar-refractivity contribution is 9.09. The van der Waals surface area contributed by atoms with Crippen molar-refractivity contribution in [3.63, 3.8) is 0 Å². The van der Waals surface area contributed by atoms with E-state index in [-0.39, 0.29) is 44.1 Å². The first-order valence-electron chi connectivity index (χ1n) is 9.09. The highest BCUT2D eigenvalue weighted by atomic mass is 79.9. The Morgan fingerprint density at radius 2 is 1.31 bits per heavy atom. The molecule has 0 radical (unpaired) electrons. The van der Waals surface area contributed by atoms with Gasteiger partial charge in [0.1, 0.15) is 19.8 Å². The van der Waals surface area contributed by atoms with Crippen molar-refractivity contribution in [2.45, 2.75) is 6.92 Å². The van der Waals surface area contributed by atoms with Gasteiger partial charge in [0.15, 0.2) is 5.78 Å². The molecule has 0 aromatic carbocycles. The van der Waals surface area contributed by atoms with Gasteiger partial charge in [-0.2, -0.15) is 0 Å². The molecule has 0 aliphatic carbocycles. The second-order valence-corrected chi connectivity index (χ2v) is 6.10. The van der Waals surface area contributed by atoms with Gasteiger partial charge in [-0.1, -0.05) is 22.5 Å². The van der Waals surface area contributed by atoms with Crippen LogP contribution in [0.25, 0.3) is 0 Å². The Bertz CT molecular complexity index is 488. The zero-order valence-electron chi connectivity index (χ0n) is 16.7. The number of ether oxygens (including phenoxy) is 6. The standard InChI is InChI=1S/C18H30BrNO9/c1-15(2)17(22)28-4-3-20-18(23)29-12-11-26-8-7-24-5-6-25-9-10-27-14-16(21)13-19/h1,3-14H2,2H3,(H,20,23). The van der Waals surface area contributed by atoms with Crippen LogP contribution in [-0.2, 0) is 38.0 Å². The number of rotatable bonds is 19. The van der Waals surface area contributed by atoms with E-state index in [4.69, 9.17) is 28.4 Å². The molecule has 0 saturated heterocycles. The van der Waals surface area contributed by atoms with Crippen LogP contribution in [-0.4, -0.2) is 95.8 Å². The van der Waals surface area contributed by atoms with Crippen LogP contribution in [0.5, 0.6) is 0 Å². The molecule has 0 unspecified atom stereocenters. The molecule has 0 aromatic rings. The fraction of sp³-hybridized carbons (Fsp3) is 0.722. The maximum Gasteiger partial charge on any atom is 0.407 e. The van der Waals surface area contributed by atoms with Crippen LogP contribution < -0.4 is 5.32 Å². The molecule has 29 heavy (non-hydrogen) atoms. The van der Waals surface area contributed by atoms with Gasteiger partial charge in [-0.15, -0.1) is 0 Å². The van der Waals surface area contributed by atoms with Crippen LogP contribution in [0.3, 0.4) is 0 Å². The predicted octanol–water partition coefficient (Wildman–Crippen LogP) is 0.862. The molecule has 168 valence electrons. The van der Waals surface area contributed by atoms with Crippen LogP contribution in [0.1, 0.15) is 6.92 Å². The van der Waals surface area contributed by atoms with Gasteiger partial charge in [0.25, 0.3) is 0 Å². The third kappa shape index (κ3) is 19.6. The summed E-state index contributed by atoms with van der Waals surface area (Å²) >= 11 is 3.05. The molecule has 0 saturated carbocycles. The van der Waals surface area contributed by atoms with Crippen molar-refractivity contribution < 1.29 is 42.8 Å². The normalized spacial score (nSPS) is 10.4. The number of alkyl carbamates (subject to hydrolysis) is 1. The monoisotopic (exact) mass is 483 g/mol. The van der Waals surface area contributed by atoms with Gasteiger partial charge >= 0.3 is 12.1 Å². The Balaban J connectivity index is 3.25. The number of esters is 1. The summed E-state index contributed by atoms with van der Waals surface area (Å²) in [6, 6.07) is 0. The lowest BCUT2D eigenvalue weighted by molar-refractivity contribution is -0.138. The van der Waals surface area contributed by atoms with E-state index in [0.717, 1.165) is 0 Å². The number of carbonyl (C=O) groups is 3. The molecule has 0 spiro atoms. The summed E-state index contributed by atoms with van der Waals surface area (Å²) in [5.41, 5.74) is 0.297. The number of hydrogen-bond donors (Lipinski definition) is 1. The van der Waals surface area contributed by atoms with Crippen molar-refractivity contribution in [1.82, 2.24) is 5.32 Å². The number of hydrogen-bond acceptors (Lipinski definition) is 9. The van der Waals surface area contributed by atoms with Gasteiger partial charge in [-0.05, 0) is 6.92 Å². The summed E-state index contributed by atoms with van der Waals surface area (Å²) in [6.07, 6.45) is -0.617. The maximum absolute atomic E-state index is 11.4. The summed E-state index contributed by atoms with van der Waals surface area (Å²) < 4.78 is 30.6. The summed E-state index contributed by atoms with van der Waals surface area (Å²) in [4.78, 5) is 33.4. The Morgan fingerprint density at radius 1 is 0.793 bits per heavy atom. The zero-order valence-corrected chi connectivity index (χ0v) is 18.3. The fourth-order valence-corrected chi connectivity index (χ4v) is 1.71. The first-order valence-corrected chi connectivity index (χ1v) is 10.2. The first-order chi connectivity index (χ1) is 14.0. The van der Waals surface area contributed by atoms with E-state index < -0.39 is 12.1 Å². The Labute approximate surface area is 179 Å². The number of halogens is 1. The average Bonchev–Trinajstić information content (AvgIpc) is 2.70. The molecule has 0 fully saturated rings. The molecule has 1 N–H and O–H groups in total. The molecule has 0 rings (SSSR count). The summed E-state index contributed by atoms with van der Waals surface area (Å²) in [7, 11) is 0. The third-order valence-electron chi connectivity index (χ3n) is 2.94. The highest BCUT2D eigenvalue weighted by Gasteiger charge is 2.04. The first kappa shape index (κ1) is 27.5. The number of carbonyl (C=O) groups excluding carboxylic acids is 3. The van der Waals surface area contributed by atoms with E-state index in [1.54, 1.807) is 6.92 Å². The lowest BCUT2D eigenvalue weighted by Gasteiger charge is -2.09. The molecule has 0 aliphatic rings. The Kier molecular flexibility index (Phi) is 18.7. The van der Waals surface area contributed by atoms with E-state index in [1.807, 2.05) is 0 Å². The second-order valence-electron chi connectivity index (χ2n) is 5.54. The molecule has 10 nitrogen and oxygen atoms in total. The Morgan fingerprint density at radius 3 is 1.83 bits per heavy atom. The minimum atomic E-state index is -0.617. The molecule has 0 aliphatic heterocycles. The third-order valence-corrected chi connectivity index (χ3v) is 3.57. The van der Waals surface area contributed by atoms with Crippen LogP contribution in [0.15, 0.2) is 12.2 Å². The van der Waals surface area contributed by atoms with Gasteiger partial charge in [0.2, 0.25) is 0 Å². The summed E-state index contributed by atoms with van der Waals surface area (Å²) in [5, 5.41) is 2.73. The SMILES string of the molecule is C=C(C)C(=O)OCCNC(=O)OCCOCCOCCOCCOCC(=O)CBr. The van der Waals surface area contributed by atoms with Gasteiger partial charge in [0, 0.05) is 5.57 Å². The van der Waals surface area contributed by atoms with E-state index in [2.05, 4.69) is 27.8 Å². The molecule has 11 heteroatoms. The minimum absolute atomic E-state index is 0.0130. The van der Waals surface area contributed by atoms with E-state index in [9.17, 15) is 14.4 Å². The van der Waals surface area contributed by atoms with Crippen molar-refractivity contribution in [2.24, 2.45) is 0 Å². The number of ketones is 1. The summed E-state index contributed by atoms with van der Waals surface area (Å²) in [6.45, 7) is 7.93. The average molecular weight is 484 g/mol. The zero-order chi connectivity index (χ0) is 21.7. The highest BCUT2D eigenvalue weighted by Crippen LogP contribution is 1.91.